The van der Waals surface area contributed by atoms with Crippen LogP contribution < -0.4 is 0 Å². The Morgan fingerprint density at radius 1 is 0.714 bits per heavy atom. The Kier molecular flexibility index (Phi) is 12.4. The van der Waals surface area contributed by atoms with Crippen molar-refractivity contribution in [1.29, 1.82) is 0 Å². The minimum Gasteiger partial charge on any atom is -0.477 e. The summed E-state index contributed by atoms with van der Waals surface area (Å²) in [6, 6.07) is -3.23. The van der Waals surface area contributed by atoms with E-state index in [1.54, 1.807) is 20.8 Å². The van der Waals surface area contributed by atoms with Gasteiger partial charge in [-0.3, -0.25) is 4.48 Å². The lowest BCUT2D eigenvalue weighted by Crippen LogP contribution is -2.72. The van der Waals surface area contributed by atoms with Crippen LogP contribution in [-0.4, -0.2) is 62.4 Å². The molecule has 0 aliphatic rings. The predicted molar refractivity (Wildman–Crippen MR) is 108 cm³/mol. The summed E-state index contributed by atoms with van der Waals surface area (Å²) < 4.78 is -0.438. The number of allylic oxidation sites excluding steroid dienone is 2. The predicted octanol–water partition coefficient (Wildman–Crippen LogP) is 3.92. The molecule has 0 aliphatic heterocycles. The van der Waals surface area contributed by atoms with Gasteiger partial charge in [-0.05, 0) is 12.8 Å². The number of carboxylic acid groups (broad SMARTS) is 3. The topological polar surface area (TPSA) is 112 Å². The molecule has 0 amide bonds. The Bertz CT molecular complexity index is 476. The lowest BCUT2D eigenvalue weighted by Gasteiger charge is -2.49. The fraction of sp³-hybridized carbons (Fsp3) is 0.762. The van der Waals surface area contributed by atoms with Crippen LogP contribution >= 0.6 is 0 Å². The number of aliphatic carboxylic acids is 3. The maximum atomic E-state index is 12.1. The second-order valence-electron chi connectivity index (χ2n) is 7.26. The number of nitrogens with zero attached hydrogens (tertiary/aromatic N) is 1. The molecule has 0 aromatic carbocycles. The van der Waals surface area contributed by atoms with Crippen LogP contribution in [0.25, 0.3) is 0 Å². The summed E-state index contributed by atoms with van der Waals surface area (Å²) >= 11 is 0. The van der Waals surface area contributed by atoms with Crippen LogP contribution in [0.1, 0.15) is 79.1 Å². The third kappa shape index (κ3) is 6.62. The van der Waals surface area contributed by atoms with E-state index in [4.69, 9.17) is 0 Å². The van der Waals surface area contributed by atoms with E-state index >= 15 is 0 Å². The van der Waals surface area contributed by atoms with Crippen molar-refractivity contribution in [2.24, 2.45) is 0 Å². The lowest BCUT2D eigenvalue weighted by atomic mass is 9.94. The van der Waals surface area contributed by atoms with Gasteiger partial charge in [0, 0.05) is 25.7 Å². The lowest BCUT2D eigenvalue weighted by molar-refractivity contribution is -0.973. The molecular weight excluding hydrogens is 362 g/mol. The first-order valence-electron chi connectivity index (χ1n) is 10.4. The van der Waals surface area contributed by atoms with Gasteiger partial charge in [0.1, 0.15) is 0 Å². The summed E-state index contributed by atoms with van der Waals surface area (Å²) in [5.41, 5.74) is 0. The molecule has 0 saturated carbocycles. The molecule has 0 aromatic heterocycles. The monoisotopic (exact) mass is 400 g/mol. The fourth-order valence-corrected chi connectivity index (χ4v) is 4.32. The molecule has 7 heteroatoms. The fourth-order valence-electron chi connectivity index (χ4n) is 4.32. The summed E-state index contributed by atoms with van der Waals surface area (Å²) in [6.07, 6.45) is 9.02. The highest BCUT2D eigenvalue weighted by atomic mass is 16.4. The van der Waals surface area contributed by atoms with Crippen molar-refractivity contribution >= 4 is 17.9 Å². The zero-order chi connectivity index (χ0) is 21.7. The largest absolute Gasteiger partial charge is 0.477 e. The molecule has 3 unspecified atom stereocenters. The number of unbranched alkanes of at least 4 members (excludes halogenated alkanes) is 3. The van der Waals surface area contributed by atoms with Gasteiger partial charge in [0.15, 0.2) is 18.1 Å². The van der Waals surface area contributed by atoms with Gasteiger partial charge < -0.3 is 15.3 Å². The Morgan fingerprint density at radius 3 is 1.36 bits per heavy atom. The van der Waals surface area contributed by atoms with E-state index in [-0.39, 0.29) is 25.8 Å². The Hall–Kier alpha value is -1.89. The molecule has 0 aliphatic carbocycles. The molecule has 0 rings (SSSR count). The molecule has 0 radical (unpaired) electrons. The smallest absolute Gasteiger partial charge is 0.362 e. The summed E-state index contributed by atoms with van der Waals surface area (Å²) in [5.74, 6) is -3.42. The van der Waals surface area contributed by atoms with Crippen molar-refractivity contribution in [2.75, 3.05) is 6.54 Å². The molecule has 0 fully saturated rings. The van der Waals surface area contributed by atoms with Gasteiger partial charge in [-0.25, -0.2) is 14.4 Å². The molecule has 0 aromatic rings. The van der Waals surface area contributed by atoms with Gasteiger partial charge in [-0.1, -0.05) is 52.7 Å². The SMILES string of the molecule is CCCC/C=C/CCC[N+](C(CC)C(=O)O)(C(CC)C(=O)O)C(CC)C(=O)O. The van der Waals surface area contributed by atoms with Crippen molar-refractivity contribution in [3.05, 3.63) is 12.2 Å². The Balaban J connectivity index is 6.03. The summed E-state index contributed by atoms with van der Waals surface area (Å²) in [4.78, 5) is 36.2. The summed E-state index contributed by atoms with van der Waals surface area (Å²) in [6.45, 7) is 7.36. The average Bonchev–Trinajstić information content (AvgIpc) is 2.61. The van der Waals surface area contributed by atoms with E-state index < -0.39 is 40.5 Å². The summed E-state index contributed by atoms with van der Waals surface area (Å²) in [5, 5.41) is 29.5. The van der Waals surface area contributed by atoms with Crippen molar-refractivity contribution in [3.63, 3.8) is 0 Å². The number of carboxylic acids is 3. The zero-order valence-electron chi connectivity index (χ0n) is 17.8. The normalized spacial score (nSPS) is 17.0. The van der Waals surface area contributed by atoms with Crippen LogP contribution in [0.2, 0.25) is 0 Å². The van der Waals surface area contributed by atoms with E-state index in [2.05, 4.69) is 13.0 Å². The third-order valence-corrected chi connectivity index (χ3v) is 5.56. The second kappa shape index (κ2) is 13.3. The highest BCUT2D eigenvalue weighted by Gasteiger charge is 2.55. The third-order valence-electron chi connectivity index (χ3n) is 5.56. The van der Waals surface area contributed by atoms with Gasteiger partial charge in [0.25, 0.3) is 0 Å². The minimum atomic E-state index is -1.14. The van der Waals surface area contributed by atoms with Gasteiger partial charge in [0.05, 0.1) is 6.54 Å². The number of hydrogen-bond acceptors (Lipinski definition) is 3. The van der Waals surface area contributed by atoms with Gasteiger partial charge in [0.2, 0.25) is 0 Å². The molecule has 3 atom stereocenters. The molecule has 3 N–H and O–H groups in total. The van der Waals surface area contributed by atoms with Crippen LogP contribution in [-0.2, 0) is 14.4 Å². The van der Waals surface area contributed by atoms with Gasteiger partial charge >= 0.3 is 17.9 Å². The quantitative estimate of drug-likeness (QED) is 0.206. The number of carbonyl (C=O) groups is 3. The molecule has 28 heavy (non-hydrogen) atoms. The van der Waals surface area contributed by atoms with E-state index in [9.17, 15) is 29.7 Å². The highest BCUT2D eigenvalue weighted by molar-refractivity contribution is 5.78. The van der Waals surface area contributed by atoms with Gasteiger partial charge in [-0.15, -0.1) is 0 Å². The van der Waals surface area contributed by atoms with Crippen molar-refractivity contribution in [3.8, 4) is 0 Å². The van der Waals surface area contributed by atoms with Crippen molar-refractivity contribution in [1.82, 2.24) is 0 Å². The first-order valence-corrected chi connectivity index (χ1v) is 10.4. The molecule has 0 spiro atoms. The van der Waals surface area contributed by atoms with E-state index in [0.717, 1.165) is 19.3 Å². The van der Waals surface area contributed by atoms with Crippen LogP contribution in [0.5, 0.6) is 0 Å². The molecule has 0 saturated heterocycles. The van der Waals surface area contributed by atoms with Crippen LogP contribution in [0.4, 0.5) is 0 Å². The van der Waals surface area contributed by atoms with E-state index in [0.29, 0.717) is 12.8 Å². The van der Waals surface area contributed by atoms with Crippen LogP contribution in [0.3, 0.4) is 0 Å². The summed E-state index contributed by atoms with van der Waals surface area (Å²) in [7, 11) is 0. The number of hydrogen-bond donors (Lipinski definition) is 3. The van der Waals surface area contributed by atoms with E-state index in [1.165, 1.54) is 0 Å². The standard InChI is InChI=1S/C21H37NO6/c1-5-9-10-11-12-13-14-15-22(16(6-2)19(23)24,17(7-3)20(25)26)18(8-4)21(27)28/h11-12,16-18H,5-10,13-15H2,1-4H3,(H2-,23,24,25,26,27,28)/p+1/b12-11+. The number of quaternary nitrogens is 1. The molecule has 162 valence electrons. The maximum Gasteiger partial charge on any atom is 0.362 e. The van der Waals surface area contributed by atoms with Crippen LogP contribution in [0.15, 0.2) is 12.2 Å². The first kappa shape index (κ1) is 26.1. The zero-order valence-corrected chi connectivity index (χ0v) is 17.8. The second-order valence-corrected chi connectivity index (χ2v) is 7.26. The average molecular weight is 401 g/mol. The molecule has 0 heterocycles. The molecule has 7 nitrogen and oxygen atoms in total. The number of rotatable bonds is 16. The van der Waals surface area contributed by atoms with Crippen molar-refractivity contribution < 1.29 is 34.2 Å². The Morgan fingerprint density at radius 2 is 1.07 bits per heavy atom. The molecule has 0 bridgehead atoms. The molecular formula is C21H38NO6+. The van der Waals surface area contributed by atoms with E-state index in [1.807, 2.05) is 6.08 Å². The highest BCUT2D eigenvalue weighted by Crippen LogP contribution is 2.32. The first-order chi connectivity index (χ1) is 13.2. The minimum absolute atomic E-state index is 0.176. The maximum absolute atomic E-state index is 12.1. The Labute approximate surface area is 168 Å². The van der Waals surface area contributed by atoms with Crippen LogP contribution in [0, 0.1) is 0 Å². The van der Waals surface area contributed by atoms with Crippen molar-refractivity contribution in [2.45, 2.75) is 97.2 Å². The van der Waals surface area contributed by atoms with Gasteiger partial charge in [-0.2, -0.15) is 0 Å².